The summed E-state index contributed by atoms with van der Waals surface area (Å²) in [5, 5.41) is 2.16. The van der Waals surface area contributed by atoms with Gasteiger partial charge in [0.25, 0.3) is 0 Å². The van der Waals surface area contributed by atoms with Crippen molar-refractivity contribution in [2.24, 2.45) is 0 Å². The minimum absolute atomic E-state index is 0. The molecule has 8 nitrogen and oxygen atoms in total. The first-order chi connectivity index (χ1) is 17.1. The van der Waals surface area contributed by atoms with E-state index in [1.807, 2.05) is 4.90 Å². The molecule has 0 saturated heterocycles. The molecule has 0 spiro atoms. The summed E-state index contributed by atoms with van der Waals surface area (Å²) in [4.78, 5) is 25.5. The molecule has 38 heavy (non-hydrogen) atoms. The molecule has 0 atom stereocenters. The van der Waals surface area contributed by atoms with Crippen molar-refractivity contribution in [1.82, 2.24) is 5.32 Å². The number of hydrogen-bond donors (Lipinski definition) is 1. The molecule has 1 amide bonds. The first-order valence-electron chi connectivity index (χ1n) is 11.4. The number of halogens is 3. The average Bonchev–Trinajstić information content (AvgIpc) is 2.75. The molecule has 0 fully saturated rings. The second-order valence-electron chi connectivity index (χ2n) is 9.31. The van der Waals surface area contributed by atoms with Crippen LogP contribution in [-0.4, -0.2) is 43.3 Å². The minimum Gasteiger partial charge on any atom is -0.748 e. The number of rotatable bonds is 9. The van der Waals surface area contributed by atoms with Crippen LogP contribution in [0.4, 0.5) is 18.9 Å². The number of terminal acetylenes is 1. The quantitative estimate of drug-likeness (QED) is 0.153. The molecule has 1 aliphatic heterocycles. The Balaban J connectivity index is 0.00000507. The summed E-state index contributed by atoms with van der Waals surface area (Å²) >= 11 is 0. The topological polar surface area (TPSA) is 120 Å². The van der Waals surface area contributed by atoms with Gasteiger partial charge in [-0.05, 0) is 38.3 Å². The van der Waals surface area contributed by atoms with Gasteiger partial charge in [0.05, 0.1) is 33.5 Å². The number of carbonyl (C=O) groups excluding carboxylic acids is 1. The van der Waals surface area contributed by atoms with Crippen LogP contribution in [0.5, 0.6) is 0 Å². The molecule has 0 unspecified atom stereocenters. The molecule has 200 valence electrons. The standard InChI is InChI=1S/C25H27F3N2O6S.K/c1-4-9-29-22(31)8-6-5-7-10-30-20-13-21-18(19(25(26,27)28)12-23(32)36-21)11-17(20)16(14-24(30,2)3)15-37(33,34)35;/h1,11-14H,5-10,15H2,2-3H3,(H,29,31)(H,33,34,35);/q;+1/p-1. The van der Waals surface area contributed by atoms with Gasteiger partial charge in [0.15, 0.2) is 0 Å². The average molecular weight is 579 g/mol. The second kappa shape index (κ2) is 12.7. The number of alkyl halides is 3. The Kier molecular flexibility index (Phi) is 10.9. The number of anilines is 1. The van der Waals surface area contributed by atoms with E-state index in [4.69, 9.17) is 10.8 Å². The van der Waals surface area contributed by atoms with E-state index in [0.717, 1.165) is 6.07 Å². The monoisotopic (exact) mass is 578 g/mol. The summed E-state index contributed by atoms with van der Waals surface area (Å²) in [6.07, 6.45) is 3.90. The van der Waals surface area contributed by atoms with E-state index in [0.29, 0.717) is 37.6 Å². The van der Waals surface area contributed by atoms with Crippen molar-refractivity contribution in [3.05, 3.63) is 45.8 Å². The fourth-order valence-electron chi connectivity index (χ4n) is 4.49. The molecule has 0 bridgehead atoms. The Morgan fingerprint density at radius 1 is 1.21 bits per heavy atom. The summed E-state index contributed by atoms with van der Waals surface area (Å²) < 4.78 is 80.9. The number of carbonyl (C=O) groups is 1. The van der Waals surface area contributed by atoms with Crippen LogP contribution < -0.4 is 67.2 Å². The number of unbranched alkanes of at least 4 members (excludes halogenated alkanes) is 2. The summed E-state index contributed by atoms with van der Waals surface area (Å²) in [5.41, 5.74) is -2.99. The van der Waals surface area contributed by atoms with Crippen molar-refractivity contribution < 1.29 is 86.7 Å². The van der Waals surface area contributed by atoms with E-state index in [2.05, 4.69) is 11.2 Å². The van der Waals surface area contributed by atoms with Crippen LogP contribution in [0.1, 0.15) is 50.7 Å². The van der Waals surface area contributed by atoms with Crippen LogP contribution in [0.2, 0.25) is 0 Å². The van der Waals surface area contributed by atoms with Gasteiger partial charge in [0, 0.05) is 41.7 Å². The van der Waals surface area contributed by atoms with Gasteiger partial charge in [-0.3, -0.25) is 4.79 Å². The number of benzene rings is 1. The smallest absolute Gasteiger partial charge is 0.748 e. The maximum absolute atomic E-state index is 13.7. The third kappa shape index (κ3) is 8.17. The van der Waals surface area contributed by atoms with Crippen molar-refractivity contribution >= 4 is 38.3 Å². The number of nitrogens with zero attached hydrogens (tertiary/aromatic N) is 1. The molecule has 0 aliphatic carbocycles. The fraction of sp³-hybridized carbons (Fsp3) is 0.440. The molecule has 1 aromatic heterocycles. The van der Waals surface area contributed by atoms with Crippen LogP contribution in [-0.2, 0) is 21.1 Å². The molecule has 2 heterocycles. The largest absolute Gasteiger partial charge is 1.00 e. The zero-order chi connectivity index (χ0) is 27.6. The molecule has 1 N–H and O–H groups in total. The van der Waals surface area contributed by atoms with Crippen molar-refractivity contribution in [2.75, 3.05) is 23.7 Å². The van der Waals surface area contributed by atoms with Crippen molar-refractivity contribution in [3.8, 4) is 12.3 Å². The molecule has 0 saturated carbocycles. The van der Waals surface area contributed by atoms with Gasteiger partial charge in [-0.2, -0.15) is 13.2 Å². The Morgan fingerprint density at radius 2 is 1.89 bits per heavy atom. The Labute approximate surface area is 261 Å². The number of hydrogen-bond acceptors (Lipinski definition) is 7. The number of amides is 1. The van der Waals surface area contributed by atoms with Crippen LogP contribution in [0.25, 0.3) is 16.5 Å². The zero-order valence-corrected chi connectivity index (χ0v) is 25.2. The van der Waals surface area contributed by atoms with E-state index < -0.39 is 44.2 Å². The summed E-state index contributed by atoms with van der Waals surface area (Å²) in [5.74, 6) is 1.24. The fourth-order valence-corrected chi connectivity index (χ4v) is 5.11. The van der Waals surface area contributed by atoms with Crippen LogP contribution in [0.15, 0.2) is 33.5 Å². The SMILES string of the molecule is C#CCNC(=O)CCCCCN1c2cc3oc(=O)cc(C(F)(F)F)c3cc2C(CS(=O)(=O)[O-])=CC1(C)C.[K+]. The molecule has 1 aliphatic rings. The van der Waals surface area contributed by atoms with E-state index >= 15 is 0 Å². The molecular weight excluding hydrogens is 552 g/mol. The van der Waals surface area contributed by atoms with Gasteiger partial charge in [0.1, 0.15) is 5.58 Å². The first kappa shape index (κ1) is 32.5. The Bertz CT molecular complexity index is 1440. The minimum atomic E-state index is -4.86. The van der Waals surface area contributed by atoms with Crippen molar-refractivity contribution in [1.29, 1.82) is 0 Å². The van der Waals surface area contributed by atoms with Crippen LogP contribution >= 0.6 is 0 Å². The van der Waals surface area contributed by atoms with E-state index in [1.165, 1.54) is 6.07 Å². The van der Waals surface area contributed by atoms with E-state index in [1.54, 1.807) is 19.9 Å². The van der Waals surface area contributed by atoms with E-state index in [9.17, 15) is 35.7 Å². The molecule has 2 aromatic rings. The van der Waals surface area contributed by atoms with Gasteiger partial charge >= 0.3 is 63.2 Å². The number of nitrogens with one attached hydrogen (secondary N) is 1. The van der Waals surface area contributed by atoms with Crippen LogP contribution in [0.3, 0.4) is 0 Å². The zero-order valence-electron chi connectivity index (χ0n) is 21.3. The molecule has 0 radical (unpaired) electrons. The van der Waals surface area contributed by atoms with Gasteiger partial charge in [-0.1, -0.05) is 18.4 Å². The maximum Gasteiger partial charge on any atom is 1.00 e. The van der Waals surface area contributed by atoms with Gasteiger partial charge in [-0.15, -0.1) is 6.42 Å². The van der Waals surface area contributed by atoms with Crippen molar-refractivity contribution in [3.63, 3.8) is 0 Å². The molecular formula is C25H26F3KN2O6S. The molecule has 1 aromatic carbocycles. The van der Waals surface area contributed by atoms with Crippen molar-refractivity contribution in [2.45, 2.75) is 51.2 Å². The maximum atomic E-state index is 13.7. The van der Waals surface area contributed by atoms with Gasteiger partial charge < -0.3 is 19.2 Å². The summed E-state index contributed by atoms with van der Waals surface area (Å²) in [7, 11) is -4.75. The van der Waals surface area contributed by atoms with Gasteiger partial charge in [-0.25, -0.2) is 13.2 Å². The Morgan fingerprint density at radius 3 is 2.50 bits per heavy atom. The van der Waals surface area contributed by atoms with Crippen LogP contribution in [0, 0.1) is 12.3 Å². The summed E-state index contributed by atoms with van der Waals surface area (Å²) in [6.45, 7) is 4.08. The van der Waals surface area contributed by atoms with Gasteiger partial charge in [0.2, 0.25) is 5.91 Å². The third-order valence-corrected chi connectivity index (χ3v) is 6.70. The van der Waals surface area contributed by atoms with E-state index in [-0.39, 0.29) is 87.0 Å². The predicted molar refractivity (Wildman–Crippen MR) is 132 cm³/mol. The third-order valence-electron chi connectivity index (χ3n) is 6.03. The Hall–Kier alpha value is -1.66. The second-order valence-corrected chi connectivity index (χ2v) is 10.7. The first-order valence-corrected chi connectivity index (χ1v) is 13.0. The normalized spacial score (nSPS) is 14.8. The predicted octanol–water partition coefficient (Wildman–Crippen LogP) is 0.653. The molecule has 3 rings (SSSR count). The number of fused-ring (bicyclic) bond motifs is 2. The molecule has 13 heteroatoms. The summed E-state index contributed by atoms with van der Waals surface area (Å²) in [6, 6.07) is 2.74.